The maximum absolute atomic E-state index is 12.1. The van der Waals surface area contributed by atoms with Crippen molar-refractivity contribution in [1.82, 2.24) is 20.5 Å². The molecule has 0 aromatic carbocycles. The van der Waals surface area contributed by atoms with Crippen molar-refractivity contribution in [3.8, 4) is 0 Å². The Morgan fingerprint density at radius 1 is 1.55 bits per heavy atom. The zero-order valence-corrected chi connectivity index (χ0v) is 12.1. The van der Waals surface area contributed by atoms with Crippen LogP contribution < -0.4 is 10.6 Å². The smallest absolute Gasteiger partial charge is 0.317 e. The average Bonchev–Trinajstić information content (AvgIpc) is 2.88. The van der Waals surface area contributed by atoms with Crippen molar-refractivity contribution in [3.63, 3.8) is 0 Å². The Bertz CT molecular complexity index is 557. The van der Waals surface area contributed by atoms with Crippen molar-refractivity contribution in [2.75, 3.05) is 19.6 Å². The van der Waals surface area contributed by atoms with Crippen LogP contribution in [0.3, 0.4) is 0 Å². The van der Waals surface area contributed by atoms with Gasteiger partial charge in [-0.3, -0.25) is 4.79 Å². The van der Waals surface area contributed by atoms with E-state index >= 15 is 0 Å². The van der Waals surface area contributed by atoms with Crippen molar-refractivity contribution in [2.24, 2.45) is 0 Å². The number of urea groups is 1. The van der Waals surface area contributed by atoms with E-state index in [0.717, 1.165) is 6.42 Å². The first-order valence-electron chi connectivity index (χ1n) is 6.63. The number of nitrogens with one attached hydrogen (secondary N) is 3. The highest BCUT2D eigenvalue weighted by Crippen LogP contribution is 2.10. The highest BCUT2D eigenvalue weighted by atomic mass is 32.1. The van der Waals surface area contributed by atoms with Gasteiger partial charge in [-0.2, -0.15) is 0 Å². The lowest BCUT2D eigenvalue weighted by molar-refractivity contribution is 0.0937. The fourth-order valence-electron chi connectivity index (χ4n) is 2.19. The van der Waals surface area contributed by atoms with Gasteiger partial charge in [0.15, 0.2) is 0 Å². The number of pyridine rings is 1. The molecule has 20 heavy (non-hydrogen) atoms. The van der Waals surface area contributed by atoms with Crippen LogP contribution in [0.15, 0.2) is 18.3 Å². The van der Waals surface area contributed by atoms with Crippen molar-refractivity contribution >= 4 is 24.2 Å². The molecule has 2 rings (SSSR count). The Hall–Kier alpha value is -1.89. The molecule has 0 bridgehead atoms. The summed E-state index contributed by atoms with van der Waals surface area (Å²) in [6.07, 6.45) is 2.44. The number of hydrogen-bond acceptors (Lipinski definition) is 3. The van der Waals surface area contributed by atoms with Crippen LogP contribution in [0, 0.1) is 4.64 Å². The van der Waals surface area contributed by atoms with E-state index in [0.29, 0.717) is 29.8 Å². The Labute approximate surface area is 122 Å². The lowest BCUT2D eigenvalue weighted by atomic mass is 10.2. The summed E-state index contributed by atoms with van der Waals surface area (Å²) < 4.78 is 0.420. The van der Waals surface area contributed by atoms with Crippen LogP contribution in [0.1, 0.15) is 23.7 Å². The Kier molecular flexibility index (Phi) is 4.73. The highest BCUT2D eigenvalue weighted by molar-refractivity contribution is 7.71. The molecule has 0 spiro atoms. The van der Waals surface area contributed by atoms with Gasteiger partial charge in [-0.15, -0.1) is 0 Å². The maximum atomic E-state index is 12.1. The van der Waals surface area contributed by atoms with Crippen LogP contribution >= 0.6 is 12.2 Å². The third-order valence-corrected chi connectivity index (χ3v) is 3.54. The van der Waals surface area contributed by atoms with Crippen LogP contribution in [0.2, 0.25) is 0 Å². The molecule has 1 saturated heterocycles. The van der Waals surface area contributed by atoms with Gasteiger partial charge in [-0.25, -0.2) is 4.79 Å². The molecule has 3 N–H and O–H groups in total. The Morgan fingerprint density at radius 2 is 2.35 bits per heavy atom. The minimum Gasteiger partial charge on any atom is -0.352 e. The van der Waals surface area contributed by atoms with Gasteiger partial charge in [-0.05, 0) is 25.5 Å². The fraction of sp³-hybridized carbons (Fsp3) is 0.462. The molecule has 6 nitrogen and oxygen atoms in total. The number of hydrogen-bond donors (Lipinski definition) is 3. The summed E-state index contributed by atoms with van der Waals surface area (Å²) in [4.78, 5) is 28.3. The van der Waals surface area contributed by atoms with E-state index in [2.05, 4.69) is 15.6 Å². The maximum Gasteiger partial charge on any atom is 0.317 e. The minimum absolute atomic E-state index is 0.0280. The average molecular weight is 294 g/mol. The number of carbonyl (C=O) groups excluding carboxylic acids is 2. The highest BCUT2D eigenvalue weighted by Gasteiger charge is 2.27. The van der Waals surface area contributed by atoms with Crippen LogP contribution in [0.25, 0.3) is 0 Å². The predicted molar refractivity (Wildman–Crippen MR) is 78.1 cm³/mol. The van der Waals surface area contributed by atoms with E-state index in [-0.39, 0.29) is 18.0 Å². The van der Waals surface area contributed by atoms with Gasteiger partial charge in [0, 0.05) is 31.9 Å². The molecule has 108 valence electrons. The van der Waals surface area contributed by atoms with Crippen LogP contribution in [0.5, 0.6) is 0 Å². The number of aromatic amines is 1. The van der Waals surface area contributed by atoms with Crippen LogP contribution in [-0.2, 0) is 0 Å². The molecule has 1 aromatic rings. The quantitative estimate of drug-likeness (QED) is 0.735. The summed E-state index contributed by atoms with van der Waals surface area (Å²) in [5, 5.41) is 5.67. The lowest BCUT2D eigenvalue weighted by Crippen LogP contribution is -2.42. The van der Waals surface area contributed by atoms with E-state index in [1.54, 1.807) is 23.2 Å². The van der Waals surface area contributed by atoms with Gasteiger partial charge in [0.2, 0.25) is 0 Å². The molecule has 1 aliphatic heterocycles. The van der Waals surface area contributed by atoms with Gasteiger partial charge < -0.3 is 20.5 Å². The van der Waals surface area contributed by atoms with Gasteiger partial charge in [0.05, 0.1) is 5.56 Å². The van der Waals surface area contributed by atoms with E-state index in [1.165, 1.54) is 0 Å². The minimum atomic E-state index is -0.199. The lowest BCUT2D eigenvalue weighted by Gasteiger charge is -2.17. The molecular weight excluding hydrogens is 276 g/mol. The van der Waals surface area contributed by atoms with Crippen molar-refractivity contribution in [2.45, 2.75) is 19.4 Å². The zero-order valence-electron chi connectivity index (χ0n) is 11.3. The fourth-order valence-corrected chi connectivity index (χ4v) is 2.42. The summed E-state index contributed by atoms with van der Waals surface area (Å²) in [7, 11) is 0. The van der Waals surface area contributed by atoms with Gasteiger partial charge >= 0.3 is 6.03 Å². The molecule has 0 aliphatic carbocycles. The molecule has 0 saturated carbocycles. The Morgan fingerprint density at radius 3 is 3.05 bits per heavy atom. The summed E-state index contributed by atoms with van der Waals surface area (Å²) in [5.41, 5.74) is 0.457. The van der Waals surface area contributed by atoms with Crippen molar-refractivity contribution in [1.29, 1.82) is 0 Å². The zero-order chi connectivity index (χ0) is 14.5. The molecule has 2 heterocycles. The second kappa shape index (κ2) is 6.51. The molecular formula is C13H18N4O2S. The summed E-state index contributed by atoms with van der Waals surface area (Å²) in [6.45, 7) is 3.66. The first-order chi connectivity index (χ1) is 9.61. The number of likely N-dealkylation sites (tertiary alicyclic amines) is 1. The van der Waals surface area contributed by atoms with E-state index in [9.17, 15) is 9.59 Å². The molecule has 1 aliphatic rings. The monoisotopic (exact) mass is 294 g/mol. The van der Waals surface area contributed by atoms with E-state index < -0.39 is 0 Å². The standard InChI is InChI=1S/C13H18N4O2S/c1-2-14-13(19)17-7-5-9(8-17)16-11(18)10-4-3-6-15-12(10)20/h3-4,6,9H,2,5,7-8H2,1H3,(H,14,19)(H,15,20)(H,16,18). The topological polar surface area (TPSA) is 77.2 Å². The number of amides is 3. The molecule has 0 radical (unpaired) electrons. The number of carbonyl (C=O) groups is 2. The largest absolute Gasteiger partial charge is 0.352 e. The normalized spacial score (nSPS) is 17.9. The van der Waals surface area contributed by atoms with Crippen molar-refractivity contribution < 1.29 is 9.59 Å². The second-order valence-electron chi connectivity index (χ2n) is 4.65. The summed E-state index contributed by atoms with van der Waals surface area (Å²) in [5.74, 6) is -0.199. The number of rotatable bonds is 3. The first-order valence-corrected chi connectivity index (χ1v) is 7.04. The molecule has 1 fully saturated rings. The third kappa shape index (κ3) is 3.36. The van der Waals surface area contributed by atoms with Crippen LogP contribution in [0.4, 0.5) is 4.79 Å². The van der Waals surface area contributed by atoms with Gasteiger partial charge in [0.25, 0.3) is 5.91 Å². The van der Waals surface area contributed by atoms with Crippen LogP contribution in [-0.4, -0.2) is 47.5 Å². The molecule has 3 amide bonds. The number of nitrogens with zero attached hydrogens (tertiary/aromatic N) is 1. The molecule has 7 heteroatoms. The molecule has 1 atom stereocenters. The SMILES string of the molecule is CCNC(=O)N1CCC(NC(=O)c2ccc[nH]c2=S)C1. The van der Waals surface area contributed by atoms with E-state index in [4.69, 9.17) is 12.2 Å². The molecule has 1 aromatic heterocycles. The predicted octanol–water partition coefficient (Wildman–Crippen LogP) is 1.28. The van der Waals surface area contributed by atoms with E-state index in [1.807, 2.05) is 6.92 Å². The first kappa shape index (κ1) is 14.5. The summed E-state index contributed by atoms with van der Waals surface area (Å²) >= 11 is 5.08. The van der Waals surface area contributed by atoms with Gasteiger partial charge in [-0.1, -0.05) is 12.2 Å². The Balaban J connectivity index is 1.92. The van der Waals surface area contributed by atoms with Crippen molar-refractivity contribution in [3.05, 3.63) is 28.5 Å². The number of aromatic nitrogens is 1. The third-order valence-electron chi connectivity index (χ3n) is 3.20. The number of H-pyrrole nitrogens is 1. The summed E-state index contributed by atoms with van der Waals surface area (Å²) in [6, 6.07) is 3.31. The second-order valence-corrected chi connectivity index (χ2v) is 5.06. The molecule has 1 unspecified atom stereocenters. The van der Waals surface area contributed by atoms with Gasteiger partial charge in [0.1, 0.15) is 4.64 Å².